The molecule has 0 radical (unpaired) electrons. The van der Waals surface area contributed by atoms with Crippen LogP contribution in [0.1, 0.15) is 43.7 Å². The minimum absolute atomic E-state index is 0.114. The largest absolute Gasteiger partial charge is 0.497 e. The van der Waals surface area contributed by atoms with Gasteiger partial charge in [-0.3, -0.25) is 4.79 Å². The summed E-state index contributed by atoms with van der Waals surface area (Å²) in [4.78, 5) is 12.1. The summed E-state index contributed by atoms with van der Waals surface area (Å²) in [7, 11) is 1.72. The fourth-order valence-corrected chi connectivity index (χ4v) is 5.28. The molecule has 2 bridgehead atoms. The van der Waals surface area contributed by atoms with Crippen LogP contribution < -0.4 is 10.1 Å². The molecule has 1 N–H and O–H groups in total. The first kappa shape index (κ1) is 13.2. The molecule has 4 rings (SSSR count). The number of ether oxygens (including phenoxy) is 1. The van der Waals surface area contributed by atoms with Crippen LogP contribution in [0, 0.1) is 17.8 Å². The van der Waals surface area contributed by atoms with Gasteiger partial charge in [-0.2, -0.15) is 0 Å². The fourth-order valence-electron chi connectivity index (χ4n) is 5.28. The lowest BCUT2D eigenvalue weighted by molar-refractivity contribution is -0.131. The maximum absolute atomic E-state index is 12.1. The smallest absolute Gasteiger partial charge is 0.220 e. The maximum atomic E-state index is 12.1. The number of carbonyl (C=O) groups excluding carboxylic acids is 1. The number of hydrogen-bond donors (Lipinski definition) is 1. The summed E-state index contributed by atoms with van der Waals surface area (Å²) in [5, 5.41) is 3.41. The highest BCUT2D eigenvalue weighted by Crippen LogP contribution is 2.55. The van der Waals surface area contributed by atoms with Crippen LogP contribution in [0.25, 0.3) is 0 Å². The number of fused-ring (bicyclic) bond motifs is 1. The van der Waals surface area contributed by atoms with Gasteiger partial charge >= 0.3 is 0 Å². The van der Waals surface area contributed by atoms with E-state index in [0.717, 1.165) is 25.0 Å². The molecule has 112 valence electrons. The summed E-state index contributed by atoms with van der Waals surface area (Å²) >= 11 is 0. The highest BCUT2D eigenvalue weighted by molar-refractivity contribution is 5.78. The zero-order chi connectivity index (χ0) is 14.6. The van der Waals surface area contributed by atoms with Crippen LogP contribution in [0.15, 0.2) is 18.2 Å². The molecule has 3 nitrogen and oxygen atoms in total. The first-order valence-electron chi connectivity index (χ1n) is 8.11. The summed E-state index contributed by atoms with van der Waals surface area (Å²) in [5.74, 6) is 3.15. The molecule has 0 unspecified atom stereocenters. The van der Waals surface area contributed by atoms with Crippen LogP contribution in [-0.4, -0.2) is 13.0 Å². The SMILES string of the molecule is COc1ccc2c(c1)C[C@@H]1C[C@@H](C)C[C@]23NC(=O)CC[C@H]13. The van der Waals surface area contributed by atoms with E-state index in [-0.39, 0.29) is 11.4 Å². The lowest BCUT2D eigenvalue weighted by Crippen LogP contribution is -2.62. The summed E-state index contributed by atoms with van der Waals surface area (Å²) in [6, 6.07) is 6.42. The van der Waals surface area contributed by atoms with Crippen molar-refractivity contribution in [1.29, 1.82) is 0 Å². The minimum Gasteiger partial charge on any atom is -0.497 e. The highest BCUT2D eigenvalue weighted by atomic mass is 16.5. The van der Waals surface area contributed by atoms with Gasteiger partial charge in [0.2, 0.25) is 5.91 Å². The summed E-state index contributed by atoms with van der Waals surface area (Å²) in [6.07, 6.45) is 5.26. The molecule has 3 heteroatoms. The first-order chi connectivity index (χ1) is 10.1. The Morgan fingerprint density at radius 3 is 3.05 bits per heavy atom. The first-order valence-corrected chi connectivity index (χ1v) is 8.11. The molecular weight excluding hydrogens is 262 g/mol. The molecule has 0 aromatic heterocycles. The molecule has 3 aliphatic rings. The van der Waals surface area contributed by atoms with E-state index >= 15 is 0 Å². The average molecular weight is 285 g/mol. The zero-order valence-corrected chi connectivity index (χ0v) is 12.8. The van der Waals surface area contributed by atoms with Gasteiger partial charge in [-0.15, -0.1) is 0 Å². The molecule has 1 amide bonds. The lowest BCUT2D eigenvalue weighted by atomic mass is 9.53. The van der Waals surface area contributed by atoms with Crippen molar-refractivity contribution < 1.29 is 9.53 Å². The Morgan fingerprint density at radius 1 is 1.38 bits per heavy atom. The normalized spacial score (nSPS) is 37.2. The third kappa shape index (κ3) is 1.82. The van der Waals surface area contributed by atoms with Gasteiger partial charge in [-0.25, -0.2) is 0 Å². The third-order valence-corrected chi connectivity index (χ3v) is 5.90. The summed E-state index contributed by atoms with van der Waals surface area (Å²) in [5.41, 5.74) is 2.62. The van der Waals surface area contributed by atoms with Crippen molar-refractivity contribution in [3.63, 3.8) is 0 Å². The molecule has 1 aromatic rings. The molecule has 4 atom stereocenters. The van der Waals surface area contributed by atoms with E-state index in [0.29, 0.717) is 24.2 Å². The highest BCUT2D eigenvalue weighted by Gasteiger charge is 2.54. The molecule has 1 heterocycles. The fraction of sp³-hybridized carbons (Fsp3) is 0.611. The predicted octanol–water partition coefficient (Wildman–Crippen LogP) is 3.02. The Bertz CT molecular complexity index is 597. The Morgan fingerprint density at radius 2 is 2.24 bits per heavy atom. The summed E-state index contributed by atoms with van der Waals surface area (Å²) in [6.45, 7) is 2.33. The van der Waals surface area contributed by atoms with Gasteiger partial charge in [0.15, 0.2) is 0 Å². The molecule has 1 saturated heterocycles. The van der Waals surface area contributed by atoms with E-state index in [1.54, 1.807) is 7.11 Å². The molecule has 21 heavy (non-hydrogen) atoms. The van der Waals surface area contributed by atoms with Crippen LogP contribution in [0.5, 0.6) is 5.75 Å². The van der Waals surface area contributed by atoms with E-state index in [2.05, 4.69) is 24.4 Å². The van der Waals surface area contributed by atoms with Crippen LogP contribution in [-0.2, 0) is 16.8 Å². The molecule has 2 aliphatic carbocycles. The van der Waals surface area contributed by atoms with Gasteiger partial charge in [0.05, 0.1) is 12.6 Å². The van der Waals surface area contributed by atoms with Crippen LogP contribution in [0.2, 0.25) is 0 Å². The predicted molar refractivity (Wildman–Crippen MR) is 81.1 cm³/mol. The second-order valence-electron chi connectivity index (χ2n) is 7.20. The Labute approximate surface area is 126 Å². The number of rotatable bonds is 1. The maximum Gasteiger partial charge on any atom is 0.220 e. The molecule has 2 fully saturated rings. The van der Waals surface area contributed by atoms with Gasteiger partial charge in [0, 0.05) is 6.42 Å². The molecule has 0 spiro atoms. The Balaban J connectivity index is 1.88. The number of methoxy groups -OCH3 is 1. The van der Waals surface area contributed by atoms with Crippen molar-refractivity contribution >= 4 is 5.91 Å². The number of nitrogens with one attached hydrogen (secondary N) is 1. The van der Waals surface area contributed by atoms with Crippen molar-refractivity contribution in [1.82, 2.24) is 5.32 Å². The molecule has 1 aliphatic heterocycles. The van der Waals surface area contributed by atoms with Crippen molar-refractivity contribution in [2.45, 2.75) is 44.6 Å². The zero-order valence-electron chi connectivity index (χ0n) is 12.8. The van der Waals surface area contributed by atoms with Gasteiger partial charge in [0.1, 0.15) is 5.75 Å². The Hall–Kier alpha value is -1.51. The third-order valence-electron chi connectivity index (χ3n) is 5.90. The standard InChI is InChI=1S/C18H23NO2/c1-11-7-12-8-13-9-14(21-2)3-4-15(13)18(10-11)16(12)5-6-17(20)19-18/h3-4,9,11-12,16H,5-8,10H2,1-2H3,(H,19,20)/t11-,12+,16-,18+/m1/s1. The second-order valence-corrected chi connectivity index (χ2v) is 7.20. The number of piperidine rings is 1. The van der Waals surface area contributed by atoms with Crippen molar-refractivity contribution in [2.24, 2.45) is 17.8 Å². The van der Waals surface area contributed by atoms with Crippen LogP contribution in [0.4, 0.5) is 0 Å². The van der Waals surface area contributed by atoms with Gasteiger partial charge < -0.3 is 10.1 Å². The van der Waals surface area contributed by atoms with Gasteiger partial charge in [-0.1, -0.05) is 13.0 Å². The molecule has 1 aromatic carbocycles. The van der Waals surface area contributed by atoms with E-state index in [1.807, 2.05) is 6.07 Å². The minimum atomic E-state index is -0.114. The number of carbonyl (C=O) groups is 1. The van der Waals surface area contributed by atoms with E-state index in [4.69, 9.17) is 4.74 Å². The van der Waals surface area contributed by atoms with E-state index in [9.17, 15) is 4.79 Å². The van der Waals surface area contributed by atoms with E-state index < -0.39 is 0 Å². The quantitative estimate of drug-likeness (QED) is 0.861. The second kappa shape index (κ2) is 4.49. The van der Waals surface area contributed by atoms with E-state index in [1.165, 1.54) is 17.5 Å². The van der Waals surface area contributed by atoms with Gasteiger partial charge in [-0.05, 0) is 66.7 Å². The van der Waals surface area contributed by atoms with Crippen molar-refractivity contribution in [3.05, 3.63) is 29.3 Å². The molecule has 1 saturated carbocycles. The number of amides is 1. The van der Waals surface area contributed by atoms with Crippen LogP contribution >= 0.6 is 0 Å². The van der Waals surface area contributed by atoms with Crippen molar-refractivity contribution in [3.8, 4) is 5.75 Å². The summed E-state index contributed by atoms with van der Waals surface area (Å²) < 4.78 is 5.39. The monoisotopic (exact) mass is 285 g/mol. The lowest BCUT2D eigenvalue weighted by Gasteiger charge is -2.57. The average Bonchev–Trinajstić information content (AvgIpc) is 2.45. The topological polar surface area (TPSA) is 38.3 Å². The van der Waals surface area contributed by atoms with Gasteiger partial charge in [0.25, 0.3) is 0 Å². The Kier molecular flexibility index (Phi) is 2.82. The number of benzene rings is 1. The van der Waals surface area contributed by atoms with Crippen molar-refractivity contribution in [2.75, 3.05) is 7.11 Å². The number of hydrogen-bond acceptors (Lipinski definition) is 2. The molecular formula is C18H23NO2. The van der Waals surface area contributed by atoms with Crippen LogP contribution in [0.3, 0.4) is 0 Å².